The molecule has 128 valence electrons. The molecule has 2 saturated heterocycles. The second-order valence-electron chi connectivity index (χ2n) is 6.45. The molecule has 1 atom stereocenters. The van der Waals surface area contributed by atoms with Crippen molar-refractivity contribution in [2.75, 3.05) is 31.1 Å². The molecule has 0 aliphatic carbocycles. The number of piperidine rings is 1. The molecule has 2 aromatic heterocycles. The quantitative estimate of drug-likeness (QED) is 0.834. The lowest BCUT2D eigenvalue weighted by Gasteiger charge is -2.33. The van der Waals surface area contributed by atoms with E-state index in [2.05, 4.69) is 14.9 Å². The van der Waals surface area contributed by atoms with Crippen LogP contribution < -0.4 is 4.90 Å². The van der Waals surface area contributed by atoms with Gasteiger partial charge in [-0.25, -0.2) is 13.8 Å². The second-order valence-corrected chi connectivity index (χ2v) is 7.46. The molecule has 2 aliphatic heterocycles. The van der Waals surface area contributed by atoms with Crippen molar-refractivity contribution in [1.29, 1.82) is 0 Å². The number of rotatable bonds is 2. The third-order valence-electron chi connectivity index (χ3n) is 4.79. The summed E-state index contributed by atoms with van der Waals surface area (Å²) in [5, 5.41) is 0.901. The van der Waals surface area contributed by atoms with Crippen molar-refractivity contribution >= 4 is 32.6 Å². The van der Waals surface area contributed by atoms with E-state index in [9.17, 15) is 13.6 Å². The van der Waals surface area contributed by atoms with Crippen molar-refractivity contribution in [3.8, 4) is 0 Å². The van der Waals surface area contributed by atoms with Gasteiger partial charge in [-0.15, -0.1) is 0 Å². The van der Waals surface area contributed by atoms with Gasteiger partial charge in [0, 0.05) is 45.2 Å². The first-order chi connectivity index (χ1) is 11.5. The van der Waals surface area contributed by atoms with Gasteiger partial charge in [-0.1, -0.05) is 11.3 Å². The van der Waals surface area contributed by atoms with Gasteiger partial charge in [-0.05, 0) is 12.5 Å². The summed E-state index contributed by atoms with van der Waals surface area (Å²) in [5.41, 5.74) is 0.866. The van der Waals surface area contributed by atoms with Crippen LogP contribution in [0.25, 0.3) is 10.2 Å². The molecule has 8 heteroatoms. The fourth-order valence-electron chi connectivity index (χ4n) is 3.35. The molecule has 4 rings (SSSR count). The number of thiazole rings is 1. The van der Waals surface area contributed by atoms with E-state index < -0.39 is 5.92 Å². The Bertz CT molecular complexity index is 722. The van der Waals surface area contributed by atoms with E-state index in [-0.39, 0.29) is 37.8 Å². The van der Waals surface area contributed by atoms with Crippen molar-refractivity contribution in [1.82, 2.24) is 14.9 Å². The van der Waals surface area contributed by atoms with Crippen LogP contribution in [-0.2, 0) is 4.79 Å². The molecule has 24 heavy (non-hydrogen) atoms. The van der Waals surface area contributed by atoms with E-state index in [1.165, 1.54) is 0 Å². The summed E-state index contributed by atoms with van der Waals surface area (Å²) in [4.78, 5) is 25.0. The first-order valence-corrected chi connectivity index (χ1v) is 8.96. The number of likely N-dealkylation sites (tertiary alicyclic amines) is 1. The zero-order valence-electron chi connectivity index (χ0n) is 13.1. The van der Waals surface area contributed by atoms with Crippen molar-refractivity contribution in [2.24, 2.45) is 5.92 Å². The van der Waals surface area contributed by atoms with E-state index in [0.717, 1.165) is 28.3 Å². The number of hydrogen-bond acceptors (Lipinski definition) is 5. The van der Waals surface area contributed by atoms with Crippen LogP contribution in [0.3, 0.4) is 0 Å². The van der Waals surface area contributed by atoms with E-state index in [1.807, 2.05) is 6.07 Å². The predicted octanol–water partition coefficient (Wildman–Crippen LogP) is 2.78. The van der Waals surface area contributed by atoms with E-state index in [0.29, 0.717) is 6.54 Å². The SMILES string of the molecule is O=C(C1CCN(c2nc3cnccc3s2)C1)N1CCC(F)(F)CC1. The highest BCUT2D eigenvalue weighted by Gasteiger charge is 2.39. The number of alkyl halides is 2. The molecule has 0 spiro atoms. The van der Waals surface area contributed by atoms with Crippen molar-refractivity contribution in [2.45, 2.75) is 25.2 Å². The Hall–Kier alpha value is -1.83. The molecular formula is C16H18F2N4OS. The topological polar surface area (TPSA) is 49.3 Å². The molecule has 1 unspecified atom stereocenters. The molecule has 0 N–H and O–H groups in total. The number of hydrogen-bond donors (Lipinski definition) is 0. The third kappa shape index (κ3) is 2.94. The standard InChI is InChI=1S/C16H18F2N4OS/c17-16(18)3-7-21(8-4-16)14(23)11-2-6-22(10-11)15-20-12-9-19-5-1-13(12)24-15/h1,5,9,11H,2-4,6-8,10H2. The Morgan fingerprint density at radius 2 is 2.08 bits per heavy atom. The highest BCUT2D eigenvalue weighted by Crippen LogP contribution is 2.33. The first kappa shape index (κ1) is 15.7. The number of aromatic nitrogens is 2. The van der Waals surface area contributed by atoms with Gasteiger partial charge >= 0.3 is 0 Å². The Labute approximate surface area is 142 Å². The summed E-state index contributed by atoms with van der Waals surface area (Å²) in [7, 11) is 0. The number of halogens is 2. The second kappa shape index (κ2) is 5.91. The van der Waals surface area contributed by atoms with Crippen molar-refractivity contribution < 1.29 is 13.6 Å². The summed E-state index contributed by atoms with van der Waals surface area (Å²) in [6.07, 6.45) is 3.79. The van der Waals surface area contributed by atoms with Crippen LogP contribution in [0.1, 0.15) is 19.3 Å². The number of nitrogens with zero attached hydrogens (tertiary/aromatic N) is 4. The summed E-state index contributed by atoms with van der Waals surface area (Å²) < 4.78 is 27.6. The lowest BCUT2D eigenvalue weighted by atomic mass is 10.0. The maximum Gasteiger partial charge on any atom is 0.251 e. The summed E-state index contributed by atoms with van der Waals surface area (Å²) in [6.45, 7) is 1.71. The zero-order chi connectivity index (χ0) is 16.7. The molecule has 0 radical (unpaired) electrons. The fraction of sp³-hybridized carbons (Fsp3) is 0.562. The Morgan fingerprint density at radius 3 is 2.83 bits per heavy atom. The van der Waals surface area contributed by atoms with Gasteiger partial charge in [0.05, 0.1) is 16.8 Å². The molecule has 2 fully saturated rings. The summed E-state index contributed by atoms with van der Waals surface area (Å²) in [6, 6.07) is 1.93. The highest BCUT2D eigenvalue weighted by atomic mass is 32.1. The van der Waals surface area contributed by atoms with E-state index in [1.54, 1.807) is 28.6 Å². The number of carbonyl (C=O) groups excluding carboxylic acids is 1. The monoisotopic (exact) mass is 352 g/mol. The lowest BCUT2D eigenvalue weighted by Crippen LogP contribution is -2.45. The molecule has 2 aromatic rings. The maximum absolute atomic E-state index is 13.2. The van der Waals surface area contributed by atoms with Gasteiger partial charge in [0.1, 0.15) is 5.52 Å². The number of amides is 1. The largest absolute Gasteiger partial charge is 0.347 e. The number of pyridine rings is 1. The molecule has 0 saturated carbocycles. The molecule has 0 bridgehead atoms. The smallest absolute Gasteiger partial charge is 0.251 e. The summed E-state index contributed by atoms with van der Waals surface area (Å²) in [5.74, 6) is -2.73. The third-order valence-corrected chi connectivity index (χ3v) is 5.89. The van der Waals surface area contributed by atoms with Crippen LogP contribution in [0.4, 0.5) is 13.9 Å². The van der Waals surface area contributed by atoms with E-state index >= 15 is 0 Å². The van der Waals surface area contributed by atoms with Gasteiger partial charge in [0.25, 0.3) is 5.92 Å². The number of fused-ring (bicyclic) bond motifs is 1. The average Bonchev–Trinajstić information content (AvgIpc) is 3.21. The van der Waals surface area contributed by atoms with Crippen LogP contribution in [-0.4, -0.2) is 52.9 Å². The maximum atomic E-state index is 13.2. The van der Waals surface area contributed by atoms with Gasteiger partial charge in [-0.2, -0.15) is 0 Å². The molecule has 5 nitrogen and oxygen atoms in total. The van der Waals surface area contributed by atoms with Gasteiger partial charge in [-0.3, -0.25) is 9.78 Å². The van der Waals surface area contributed by atoms with Crippen LogP contribution in [0.2, 0.25) is 0 Å². The fourth-order valence-corrected chi connectivity index (χ4v) is 4.32. The Kier molecular flexibility index (Phi) is 3.86. The normalized spacial score (nSPS) is 23.8. The predicted molar refractivity (Wildman–Crippen MR) is 88.5 cm³/mol. The average molecular weight is 352 g/mol. The lowest BCUT2D eigenvalue weighted by molar-refractivity contribution is -0.140. The minimum Gasteiger partial charge on any atom is -0.347 e. The molecule has 4 heterocycles. The van der Waals surface area contributed by atoms with Gasteiger partial charge in [0.15, 0.2) is 5.13 Å². The molecular weight excluding hydrogens is 334 g/mol. The molecule has 0 aromatic carbocycles. The van der Waals surface area contributed by atoms with E-state index in [4.69, 9.17) is 0 Å². The van der Waals surface area contributed by atoms with Crippen LogP contribution in [0, 0.1) is 5.92 Å². The van der Waals surface area contributed by atoms with Crippen LogP contribution in [0.5, 0.6) is 0 Å². The van der Waals surface area contributed by atoms with Crippen molar-refractivity contribution in [3.63, 3.8) is 0 Å². The number of carbonyl (C=O) groups is 1. The summed E-state index contributed by atoms with van der Waals surface area (Å²) >= 11 is 1.59. The minimum absolute atomic E-state index is 0.00998. The van der Waals surface area contributed by atoms with Crippen LogP contribution >= 0.6 is 11.3 Å². The Balaban J connectivity index is 1.41. The van der Waals surface area contributed by atoms with Gasteiger partial charge in [0.2, 0.25) is 5.91 Å². The zero-order valence-corrected chi connectivity index (χ0v) is 13.9. The highest BCUT2D eigenvalue weighted by molar-refractivity contribution is 7.22. The Morgan fingerprint density at radius 1 is 1.29 bits per heavy atom. The molecule has 2 aliphatic rings. The van der Waals surface area contributed by atoms with Crippen LogP contribution in [0.15, 0.2) is 18.5 Å². The van der Waals surface area contributed by atoms with Gasteiger partial charge < -0.3 is 9.80 Å². The molecule has 1 amide bonds. The van der Waals surface area contributed by atoms with Crippen molar-refractivity contribution in [3.05, 3.63) is 18.5 Å². The number of anilines is 1. The minimum atomic E-state index is -2.62. The first-order valence-electron chi connectivity index (χ1n) is 8.14.